The first-order valence-corrected chi connectivity index (χ1v) is 8.86. The molecular formula is C18H27ClFIN4O. The van der Waals surface area contributed by atoms with Gasteiger partial charge in [-0.15, -0.1) is 24.0 Å². The van der Waals surface area contributed by atoms with Crippen LogP contribution in [-0.4, -0.2) is 44.5 Å². The Hall–Kier alpha value is -1.09. The van der Waals surface area contributed by atoms with Gasteiger partial charge < -0.3 is 15.5 Å². The van der Waals surface area contributed by atoms with E-state index in [2.05, 4.69) is 15.6 Å². The lowest BCUT2D eigenvalue weighted by molar-refractivity contribution is -0.138. The number of halogens is 3. The van der Waals surface area contributed by atoms with Crippen LogP contribution in [0.2, 0.25) is 5.02 Å². The molecule has 0 spiro atoms. The summed E-state index contributed by atoms with van der Waals surface area (Å²) in [5.41, 5.74) is 0.00333. The zero-order valence-electron chi connectivity index (χ0n) is 15.4. The van der Waals surface area contributed by atoms with E-state index in [0.717, 1.165) is 25.7 Å². The number of carbonyl (C=O) groups excluding carboxylic acids is 1. The summed E-state index contributed by atoms with van der Waals surface area (Å²) in [5, 5.41) is 6.66. The van der Waals surface area contributed by atoms with Crippen molar-refractivity contribution in [3.05, 3.63) is 34.6 Å². The van der Waals surface area contributed by atoms with Gasteiger partial charge in [0.1, 0.15) is 5.82 Å². The van der Waals surface area contributed by atoms with Crippen molar-refractivity contribution in [1.82, 2.24) is 15.5 Å². The minimum absolute atomic E-state index is 0. The number of rotatable bonds is 5. The van der Waals surface area contributed by atoms with E-state index < -0.39 is 5.41 Å². The van der Waals surface area contributed by atoms with E-state index in [9.17, 15) is 9.18 Å². The van der Waals surface area contributed by atoms with Crippen molar-refractivity contribution in [3.8, 4) is 0 Å². The van der Waals surface area contributed by atoms with Gasteiger partial charge in [0.05, 0.1) is 5.41 Å². The molecule has 1 aliphatic carbocycles. The van der Waals surface area contributed by atoms with Crippen molar-refractivity contribution < 1.29 is 9.18 Å². The molecule has 146 valence electrons. The molecular weight excluding hydrogens is 470 g/mol. The summed E-state index contributed by atoms with van der Waals surface area (Å²) in [5.74, 6) is 0.313. The van der Waals surface area contributed by atoms with Gasteiger partial charge >= 0.3 is 0 Å². The average molecular weight is 497 g/mol. The van der Waals surface area contributed by atoms with E-state index in [-0.39, 0.29) is 42.2 Å². The average Bonchev–Trinajstić information content (AvgIpc) is 3.06. The summed E-state index contributed by atoms with van der Waals surface area (Å²) in [6, 6.07) is 4.61. The lowest BCUT2D eigenvalue weighted by Gasteiger charge is -2.31. The molecule has 1 aliphatic rings. The van der Waals surface area contributed by atoms with Crippen LogP contribution < -0.4 is 10.6 Å². The highest BCUT2D eigenvalue weighted by molar-refractivity contribution is 14.0. The summed E-state index contributed by atoms with van der Waals surface area (Å²) in [4.78, 5) is 18.4. The second-order valence-corrected chi connectivity index (χ2v) is 7.07. The summed E-state index contributed by atoms with van der Waals surface area (Å²) >= 11 is 6.04. The molecule has 0 atom stereocenters. The number of nitrogens with zero attached hydrogens (tertiary/aromatic N) is 2. The van der Waals surface area contributed by atoms with E-state index in [0.29, 0.717) is 23.1 Å². The van der Waals surface area contributed by atoms with Crippen molar-refractivity contribution >= 4 is 47.4 Å². The number of hydrogen-bond donors (Lipinski definition) is 2. The summed E-state index contributed by atoms with van der Waals surface area (Å²) in [7, 11) is 5.22. The third-order valence-corrected chi connectivity index (χ3v) is 5.09. The molecule has 0 aliphatic heterocycles. The molecule has 2 N–H and O–H groups in total. The quantitative estimate of drug-likeness (QED) is 0.373. The van der Waals surface area contributed by atoms with Gasteiger partial charge in [-0.05, 0) is 25.0 Å². The van der Waals surface area contributed by atoms with Crippen LogP contribution >= 0.6 is 35.6 Å². The van der Waals surface area contributed by atoms with Crippen LogP contribution in [0.3, 0.4) is 0 Å². The minimum Gasteiger partial charge on any atom is -0.355 e. The molecule has 1 amide bonds. The predicted molar refractivity (Wildman–Crippen MR) is 115 cm³/mol. The Labute approximate surface area is 176 Å². The fourth-order valence-electron chi connectivity index (χ4n) is 3.34. The first kappa shape index (κ1) is 23.0. The molecule has 0 aromatic heterocycles. The van der Waals surface area contributed by atoms with Crippen LogP contribution in [0, 0.1) is 11.2 Å². The Morgan fingerprint density at radius 3 is 2.50 bits per heavy atom. The minimum atomic E-state index is -0.392. The van der Waals surface area contributed by atoms with Gasteiger partial charge in [0.2, 0.25) is 5.91 Å². The molecule has 1 aromatic carbocycles. The van der Waals surface area contributed by atoms with Crippen LogP contribution in [-0.2, 0) is 11.3 Å². The maximum absolute atomic E-state index is 13.9. The van der Waals surface area contributed by atoms with Crippen LogP contribution in [0.15, 0.2) is 23.2 Å². The molecule has 0 radical (unpaired) electrons. The van der Waals surface area contributed by atoms with Gasteiger partial charge in [-0.3, -0.25) is 9.79 Å². The first-order valence-electron chi connectivity index (χ1n) is 8.49. The van der Waals surface area contributed by atoms with Gasteiger partial charge in [-0.25, -0.2) is 4.39 Å². The summed E-state index contributed by atoms with van der Waals surface area (Å²) in [6.07, 6.45) is 3.84. The van der Waals surface area contributed by atoms with Crippen molar-refractivity contribution in [2.75, 3.05) is 27.7 Å². The Bertz CT molecular complexity index is 628. The molecule has 2 rings (SSSR count). The van der Waals surface area contributed by atoms with Crippen molar-refractivity contribution in [2.24, 2.45) is 10.4 Å². The third-order valence-electron chi connectivity index (χ3n) is 4.73. The Kier molecular flexibility index (Phi) is 9.09. The van der Waals surface area contributed by atoms with Gasteiger partial charge in [0.15, 0.2) is 5.96 Å². The fourth-order valence-corrected chi connectivity index (χ4v) is 3.57. The number of amides is 1. The molecule has 26 heavy (non-hydrogen) atoms. The normalized spacial score (nSPS) is 16.0. The Morgan fingerprint density at radius 2 is 1.96 bits per heavy atom. The zero-order chi connectivity index (χ0) is 18.4. The molecule has 1 fully saturated rings. The van der Waals surface area contributed by atoms with Gasteiger partial charge in [0, 0.05) is 44.8 Å². The summed E-state index contributed by atoms with van der Waals surface area (Å²) in [6.45, 7) is 0.731. The molecule has 0 unspecified atom stereocenters. The maximum Gasteiger partial charge on any atom is 0.230 e. The Morgan fingerprint density at radius 1 is 1.31 bits per heavy atom. The maximum atomic E-state index is 13.9. The molecule has 0 bridgehead atoms. The molecule has 8 heteroatoms. The predicted octanol–water partition coefficient (Wildman–Crippen LogP) is 3.41. The van der Waals surface area contributed by atoms with Crippen LogP contribution in [0.5, 0.6) is 0 Å². The second-order valence-electron chi connectivity index (χ2n) is 6.67. The standard InChI is InChI=1S/C18H26ClFN4O.HI/c1-21-17(22-11-13-14(19)7-6-8-15(13)20)23-12-18(9-4-5-10-18)16(25)24(2)3;/h6-8H,4-5,9-12H2,1-3H3,(H2,21,22,23);1H. The third kappa shape index (κ3) is 5.45. The van der Waals surface area contributed by atoms with E-state index in [1.807, 2.05) is 0 Å². The molecule has 1 saturated carbocycles. The van der Waals surface area contributed by atoms with Gasteiger partial charge in [0.25, 0.3) is 0 Å². The molecule has 0 heterocycles. The number of guanidine groups is 1. The lowest BCUT2D eigenvalue weighted by atomic mass is 9.84. The Balaban J connectivity index is 0.00000338. The first-order chi connectivity index (χ1) is 11.9. The number of carbonyl (C=O) groups is 1. The van der Waals surface area contributed by atoms with E-state index in [1.165, 1.54) is 6.07 Å². The van der Waals surface area contributed by atoms with Crippen molar-refractivity contribution in [1.29, 1.82) is 0 Å². The van der Waals surface area contributed by atoms with Crippen molar-refractivity contribution in [3.63, 3.8) is 0 Å². The lowest BCUT2D eigenvalue weighted by Crippen LogP contribution is -2.49. The smallest absolute Gasteiger partial charge is 0.230 e. The number of aliphatic imine (C=N–C) groups is 1. The molecule has 0 saturated heterocycles. The highest BCUT2D eigenvalue weighted by Gasteiger charge is 2.42. The van der Waals surface area contributed by atoms with Crippen LogP contribution in [0.4, 0.5) is 4.39 Å². The topological polar surface area (TPSA) is 56.7 Å². The van der Waals surface area contributed by atoms with Gasteiger partial charge in [-0.1, -0.05) is 30.5 Å². The van der Waals surface area contributed by atoms with Gasteiger partial charge in [-0.2, -0.15) is 0 Å². The van der Waals surface area contributed by atoms with E-state index in [1.54, 1.807) is 38.2 Å². The largest absolute Gasteiger partial charge is 0.355 e. The fraction of sp³-hybridized carbons (Fsp3) is 0.556. The van der Waals surface area contributed by atoms with E-state index in [4.69, 9.17) is 11.6 Å². The number of hydrogen-bond acceptors (Lipinski definition) is 2. The number of nitrogens with one attached hydrogen (secondary N) is 2. The highest BCUT2D eigenvalue weighted by Crippen LogP contribution is 2.38. The SMILES string of the molecule is CN=C(NCc1c(F)cccc1Cl)NCC1(C(=O)N(C)C)CCCC1.I. The van der Waals surface area contributed by atoms with E-state index >= 15 is 0 Å². The van der Waals surface area contributed by atoms with Crippen LogP contribution in [0.25, 0.3) is 0 Å². The monoisotopic (exact) mass is 496 g/mol. The van der Waals surface area contributed by atoms with Crippen LogP contribution in [0.1, 0.15) is 31.2 Å². The molecule has 5 nitrogen and oxygen atoms in total. The number of benzene rings is 1. The summed E-state index contributed by atoms with van der Waals surface area (Å²) < 4.78 is 13.9. The van der Waals surface area contributed by atoms with Crippen molar-refractivity contribution in [2.45, 2.75) is 32.2 Å². The second kappa shape index (κ2) is 10.3. The zero-order valence-corrected chi connectivity index (χ0v) is 18.5. The highest BCUT2D eigenvalue weighted by atomic mass is 127. The molecule has 1 aromatic rings.